The van der Waals surface area contributed by atoms with E-state index in [1.54, 1.807) is 23.0 Å². The maximum absolute atomic E-state index is 10.6. The summed E-state index contributed by atoms with van der Waals surface area (Å²) in [5.41, 5.74) is 6.56. The molecule has 0 aliphatic heterocycles. The minimum absolute atomic E-state index is 0.0737. The third-order valence-corrected chi connectivity index (χ3v) is 2.64. The average molecular weight is 297 g/mol. The van der Waals surface area contributed by atoms with Crippen LogP contribution >= 0.6 is 15.9 Å². The molecule has 1 aromatic carbocycles. The largest absolute Gasteiger partial charge is 0.393 e. The number of halogens is 1. The van der Waals surface area contributed by atoms with E-state index in [0.29, 0.717) is 6.54 Å². The molecular weight excluding hydrogens is 288 g/mol. The molecule has 1 heterocycles. The second-order valence-corrected chi connectivity index (χ2v) is 4.42. The lowest BCUT2D eigenvalue weighted by Crippen LogP contribution is -2.02. The van der Waals surface area contributed by atoms with Crippen LogP contribution in [0, 0.1) is 10.1 Å². The van der Waals surface area contributed by atoms with Crippen molar-refractivity contribution in [3.63, 3.8) is 0 Å². The number of hydrogen-bond donors (Lipinski definition) is 1. The molecule has 0 aliphatic rings. The van der Waals surface area contributed by atoms with Crippen LogP contribution in [0.3, 0.4) is 0 Å². The summed E-state index contributed by atoms with van der Waals surface area (Å²) < 4.78 is 2.59. The molecule has 0 unspecified atom stereocenters. The quantitative estimate of drug-likeness (QED) is 0.534. The number of nitrogens with zero attached hydrogens (tertiary/aromatic N) is 3. The maximum Gasteiger partial charge on any atom is 0.292 e. The Hall–Kier alpha value is -1.89. The normalized spacial score (nSPS) is 10.4. The molecule has 2 rings (SSSR count). The third kappa shape index (κ3) is 2.62. The molecule has 0 amide bonds. The van der Waals surface area contributed by atoms with E-state index >= 15 is 0 Å². The number of aromatic nitrogens is 2. The lowest BCUT2D eigenvalue weighted by Gasteiger charge is -2.03. The number of nitrogen functional groups attached to an aromatic ring is 1. The van der Waals surface area contributed by atoms with Gasteiger partial charge in [0.05, 0.1) is 22.1 Å². The summed E-state index contributed by atoms with van der Waals surface area (Å²) in [4.78, 5) is 10.1. The Morgan fingerprint density at radius 2 is 2.29 bits per heavy atom. The van der Waals surface area contributed by atoms with Crippen LogP contribution in [0.2, 0.25) is 0 Å². The van der Waals surface area contributed by atoms with Gasteiger partial charge >= 0.3 is 0 Å². The van der Waals surface area contributed by atoms with E-state index in [1.807, 2.05) is 6.20 Å². The van der Waals surface area contributed by atoms with Crippen molar-refractivity contribution in [1.82, 2.24) is 9.78 Å². The molecule has 1 aromatic heterocycles. The van der Waals surface area contributed by atoms with Crippen molar-refractivity contribution in [3.8, 4) is 0 Å². The van der Waals surface area contributed by atoms with Gasteiger partial charge in [-0.1, -0.05) is 6.07 Å². The second kappa shape index (κ2) is 4.54. The minimum Gasteiger partial charge on any atom is -0.393 e. The van der Waals surface area contributed by atoms with Crippen LogP contribution in [0.15, 0.2) is 35.1 Å². The Bertz CT molecular complexity index is 567. The first-order valence-electron chi connectivity index (χ1n) is 4.77. The molecule has 0 fully saturated rings. The summed E-state index contributed by atoms with van der Waals surface area (Å²) in [6.45, 7) is 0.522. The highest BCUT2D eigenvalue weighted by Gasteiger charge is 2.11. The first kappa shape index (κ1) is 11.6. The van der Waals surface area contributed by atoms with Gasteiger partial charge in [-0.15, -0.1) is 0 Å². The highest BCUT2D eigenvalue weighted by atomic mass is 79.9. The number of nitrogens with two attached hydrogens (primary N) is 1. The van der Waals surface area contributed by atoms with Crippen LogP contribution in [-0.2, 0) is 6.54 Å². The maximum atomic E-state index is 10.6. The Kier molecular flexibility index (Phi) is 3.10. The zero-order chi connectivity index (χ0) is 12.4. The average Bonchev–Trinajstić information content (AvgIpc) is 2.63. The van der Waals surface area contributed by atoms with Gasteiger partial charge in [0, 0.05) is 12.3 Å². The van der Waals surface area contributed by atoms with Crippen LogP contribution in [0.1, 0.15) is 5.56 Å². The van der Waals surface area contributed by atoms with Crippen LogP contribution in [0.5, 0.6) is 0 Å². The SMILES string of the molecule is Nc1cc(Cn2cc(Br)cn2)ccc1[N+](=O)[O-]. The standard InChI is InChI=1S/C10H9BrN4O2/c11-8-4-13-14(6-8)5-7-1-2-10(15(16)17)9(12)3-7/h1-4,6H,5,12H2. The molecule has 0 saturated heterocycles. The molecule has 0 atom stereocenters. The van der Waals surface area contributed by atoms with E-state index in [9.17, 15) is 10.1 Å². The Morgan fingerprint density at radius 3 is 2.82 bits per heavy atom. The van der Waals surface area contributed by atoms with E-state index in [1.165, 1.54) is 6.07 Å². The van der Waals surface area contributed by atoms with Crippen molar-refractivity contribution in [2.75, 3.05) is 5.73 Å². The number of benzene rings is 1. The topological polar surface area (TPSA) is 87.0 Å². The van der Waals surface area contributed by atoms with E-state index in [4.69, 9.17) is 5.73 Å². The van der Waals surface area contributed by atoms with Gasteiger partial charge in [0.15, 0.2) is 0 Å². The zero-order valence-corrected chi connectivity index (χ0v) is 10.3. The van der Waals surface area contributed by atoms with Crippen LogP contribution in [0.4, 0.5) is 11.4 Å². The fourth-order valence-electron chi connectivity index (χ4n) is 1.48. The minimum atomic E-state index is -0.496. The smallest absolute Gasteiger partial charge is 0.292 e. The molecule has 7 heteroatoms. The van der Waals surface area contributed by atoms with Crippen LogP contribution in [0.25, 0.3) is 0 Å². The van der Waals surface area contributed by atoms with Crippen LogP contribution in [-0.4, -0.2) is 14.7 Å². The van der Waals surface area contributed by atoms with Gasteiger partial charge in [0.2, 0.25) is 0 Å². The summed E-state index contributed by atoms with van der Waals surface area (Å²) in [5.74, 6) is 0. The molecular formula is C10H9BrN4O2. The van der Waals surface area contributed by atoms with Crippen molar-refractivity contribution in [1.29, 1.82) is 0 Å². The zero-order valence-electron chi connectivity index (χ0n) is 8.71. The molecule has 88 valence electrons. The van der Waals surface area contributed by atoms with Crippen molar-refractivity contribution in [2.24, 2.45) is 0 Å². The molecule has 0 bridgehead atoms. The predicted octanol–water partition coefficient (Wildman–Crippen LogP) is 2.18. The lowest BCUT2D eigenvalue weighted by molar-refractivity contribution is -0.383. The van der Waals surface area contributed by atoms with E-state index in [2.05, 4.69) is 21.0 Å². The van der Waals surface area contributed by atoms with Crippen LogP contribution < -0.4 is 5.73 Å². The number of nitro groups is 1. The van der Waals surface area contributed by atoms with E-state index in [0.717, 1.165) is 10.0 Å². The lowest BCUT2D eigenvalue weighted by atomic mass is 10.2. The molecule has 0 saturated carbocycles. The van der Waals surface area contributed by atoms with Gasteiger partial charge in [-0.2, -0.15) is 5.10 Å². The van der Waals surface area contributed by atoms with Gasteiger partial charge in [0.1, 0.15) is 5.69 Å². The molecule has 6 nitrogen and oxygen atoms in total. The van der Waals surface area contributed by atoms with Gasteiger partial charge in [0.25, 0.3) is 5.69 Å². The number of nitro benzene ring substituents is 1. The molecule has 17 heavy (non-hydrogen) atoms. The third-order valence-electron chi connectivity index (χ3n) is 2.23. The molecule has 0 aliphatic carbocycles. The Labute approximate surface area is 105 Å². The monoisotopic (exact) mass is 296 g/mol. The van der Waals surface area contributed by atoms with Gasteiger partial charge in [-0.25, -0.2) is 0 Å². The van der Waals surface area contributed by atoms with E-state index < -0.39 is 4.92 Å². The van der Waals surface area contributed by atoms with Gasteiger partial charge in [-0.3, -0.25) is 14.8 Å². The summed E-state index contributed by atoms with van der Waals surface area (Å²) in [6.07, 6.45) is 3.49. The second-order valence-electron chi connectivity index (χ2n) is 3.51. The summed E-state index contributed by atoms with van der Waals surface area (Å²) in [5, 5.41) is 14.7. The van der Waals surface area contributed by atoms with Gasteiger partial charge in [-0.05, 0) is 27.6 Å². The number of rotatable bonds is 3. The van der Waals surface area contributed by atoms with E-state index in [-0.39, 0.29) is 11.4 Å². The van der Waals surface area contributed by atoms with Crippen molar-refractivity contribution >= 4 is 27.3 Å². The molecule has 0 spiro atoms. The fraction of sp³-hybridized carbons (Fsp3) is 0.100. The number of anilines is 1. The molecule has 0 radical (unpaired) electrons. The van der Waals surface area contributed by atoms with Crippen molar-refractivity contribution in [2.45, 2.75) is 6.54 Å². The highest BCUT2D eigenvalue weighted by molar-refractivity contribution is 9.10. The summed E-state index contributed by atoms with van der Waals surface area (Å²) in [7, 11) is 0. The summed E-state index contributed by atoms with van der Waals surface area (Å²) in [6, 6.07) is 4.67. The first-order chi connectivity index (χ1) is 8.06. The first-order valence-corrected chi connectivity index (χ1v) is 5.56. The van der Waals surface area contributed by atoms with Gasteiger partial charge < -0.3 is 5.73 Å². The summed E-state index contributed by atoms with van der Waals surface area (Å²) >= 11 is 3.29. The highest BCUT2D eigenvalue weighted by Crippen LogP contribution is 2.22. The molecule has 2 N–H and O–H groups in total. The number of hydrogen-bond acceptors (Lipinski definition) is 4. The fourth-order valence-corrected chi connectivity index (χ4v) is 1.81. The van der Waals surface area contributed by atoms with Crippen molar-refractivity contribution in [3.05, 3.63) is 50.7 Å². The Balaban J connectivity index is 2.23. The predicted molar refractivity (Wildman–Crippen MR) is 66.5 cm³/mol. The Morgan fingerprint density at radius 1 is 1.53 bits per heavy atom. The molecule has 2 aromatic rings. The van der Waals surface area contributed by atoms with Crippen molar-refractivity contribution < 1.29 is 4.92 Å².